The highest BCUT2D eigenvalue weighted by Gasteiger charge is 2.00. The number of aryl methyl sites for hydroxylation is 1. The molecule has 0 saturated carbocycles. The third kappa shape index (κ3) is 3.08. The van der Waals surface area contributed by atoms with Gasteiger partial charge in [0.25, 0.3) is 0 Å². The first-order chi connectivity index (χ1) is 8.69. The number of rotatable bonds is 4. The van der Waals surface area contributed by atoms with Crippen molar-refractivity contribution >= 4 is 17.2 Å². The average Bonchev–Trinajstić information content (AvgIpc) is 2.39. The minimum Gasteiger partial charge on any atom is -0.457 e. The van der Waals surface area contributed by atoms with Gasteiger partial charge in [0.15, 0.2) is 0 Å². The molecule has 0 aliphatic heterocycles. The molecule has 2 nitrogen and oxygen atoms in total. The molecule has 2 aromatic carbocycles. The van der Waals surface area contributed by atoms with Crippen molar-refractivity contribution in [1.29, 1.82) is 0 Å². The zero-order valence-corrected chi connectivity index (χ0v) is 11.0. The van der Waals surface area contributed by atoms with Gasteiger partial charge in [-0.05, 0) is 48.4 Å². The minimum absolute atomic E-state index is 0.398. The molecule has 2 rings (SSSR count). The molecule has 0 atom stereocenters. The Bertz CT molecular complexity index is 549. The van der Waals surface area contributed by atoms with Crippen LogP contribution in [0.3, 0.4) is 0 Å². The molecule has 0 spiro atoms. The van der Waals surface area contributed by atoms with Crippen molar-refractivity contribution in [3.05, 3.63) is 59.7 Å². The van der Waals surface area contributed by atoms with Crippen LogP contribution in [0.4, 0.5) is 0 Å². The maximum absolute atomic E-state index is 5.77. The highest BCUT2D eigenvalue weighted by Crippen LogP contribution is 2.22. The van der Waals surface area contributed by atoms with Gasteiger partial charge in [-0.15, -0.1) is 0 Å². The van der Waals surface area contributed by atoms with Crippen molar-refractivity contribution in [2.45, 2.75) is 13.3 Å². The van der Waals surface area contributed by atoms with Crippen molar-refractivity contribution in [1.82, 2.24) is 0 Å². The van der Waals surface area contributed by atoms with E-state index in [0.717, 1.165) is 23.5 Å². The lowest BCUT2D eigenvalue weighted by atomic mass is 10.1. The number of thiocarbonyl (C=S) groups is 1. The molecule has 2 N–H and O–H groups in total. The van der Waals surface area contributed by atoms with Crippen LogP contribution >= 0.6 is 12.2 Å². The number of nitrogens with two attached hydrogens (primary N) is 1. The third-order valence-corrected chi connectivity index (χ3v) is 2.92. The molecule has 0 aliphatic rings. The van der Waals surface area contributed by atoms with E-state index in [-0.39, 0.29) is 0 Å². The molecule has 0 fully saturated rings. The Balaban J connectivity index is 2.15. The van der Waals surface area contributed by atoms with E-state index in [9.17, 15) is 0 Å². The second-order valence-electron chi connectivity index (χ2n) is 3.99. The molecule has 0 aliphatic carbocycles. The van der Waals surface area contributed by atoms with Crippen LogP contribution in [-0.2, 0) is 6.42 Å². The van der Waals surface area contributed by atoms with Gasteiger partial charge in [0.1, 0.15) is 16.5 Å². The van der Waals surface area contributed by atoms with E-state index in [1.54, 1.807) is 0 Å². The Labute approximate surface area is 112 Å². The van der Waals surface area contributed by atoms with Crippen LogP contribution in [0.1, 0.15) is 18.1 Å². The summed E-state index contributed by atoms with van der Waals surface area (Å²) in [5.41, 5.74) is 7.65. The molecule has 0 aromatic heterocycles. The number of hydrogen-bond acceptors (Lipinski definition) is 2. The van der Waals surface area contributed by atoms with E-state index < -0.39 is 0 Å². The molecule has 3 heteroatoms. The maximum atomic E-state index is 5.77. The molecule has 0 bridgehead atoms. The first-order valence-electron chi connectivity index (χ1n) is 5.85. The average molecular weight is 257 g/mol. The topological polar surface area (TPSA) is 35.2 Å². The van der Waals surface area contributed by atoms with Gasteiger partial charge in [0, 0.05) is 5.56 Å². The summed E-state index contributed by atoms with van der Waals surface area (Å²) >= 11 is 4.90. The molecular weight excluding hydrogens is 242 g/mol. The van der Waals surface area contributed by atoms with Crippen molar-refractivity contribution < 1.29 is 4.74 Å². The molecule has 92 valence electrons. The van der Waals surface area contributed by atoms with Crippen LogP contribution < -0.4 is 10.5 Å². The second kappa shape index (κ2) is 5.65. The van der Waals surface area contributed by atoms with Gasteiger partial charge in [-0.25, -0.2) is 0 Å². The summed E-state index contributed by atoms with van der Waals surface area (Å²) in [5.74, 6) is 1.63. The number of hydrogen-bond donors (Lipinski definition) is 1. The van der Waals surface area contributed by atoms with Crippen LogP contribution in [0, 0.1) is 0 Å². The van der Waals surface area contributed by atoms with Gasteiger partial charge in [-0.1, -0.05) is 31.3 Å². The SMILES string of the molecule is CCc1cccc(Oc2ccc(C(N)=S)cc2)c1. The molecular formula is C15H15NOS. The van der Waals surface area contributed by atoms with E-state index >= 15 is 0 Å². The molecule has 2 aromatic rings. The zero-order chi connectivity index (χ0) is 13.0. The molecule has 0 amide bonds. The monoisotopic (exact) mass is 257 g/mol. The van der Waals surface area contributed by atoms with Gasteiger partial charge in [0.2, 0.25) is 0 Å². The first-order valence-corrected chi connectivity index (χ1v) is 6.26. The Morgan fingerprint density at radius 2 is 1.83 bits per heavy atom. The fraction of sp³-hybridized carbons (Fsp3) is 0.133. The number of benzene rings is 2. The van der Waals surface area contributed by atoms with Crippen molar-refractivity contribution in [3.63, 3.8) is 0 Å². The fourth-order valence-corrected chi connectivity index (χ4v) is 1.79. The van der Waals surface area contributed by atoms with E-state index in [1.165, 1.54) is 5.56 Å². The molecule has 0 heterocycles. The summed E-state index contributed by atoms with van der Waals surface area (Å²) in [7, 11) is 0. The Kier molecular flexibility index (Phi) is 3.95. The second-order valence-corrected chi connectivity index (χ2v) is 4.43. The van der Waals surface area contributed by atoms with E-state index in [1.807, 2.05) is 42.5 Å². The lowest BCUT2D eigenvalue weighted by Crippen LogP contribution is -2.08. The van der Waals surface area contributed by atoms with Gasteiger partial charge in [-0.3, -0.25) is 0 Å². The summed E-state index contributed by atoms with van der Waals surface area (Å²) in [6, 6.07) is 15.5. The quantitative estimate of drug-likeness (QED) is 0.849. The van der Waals surface area contributed by atoms with E-state index in [0.29, 0.717) is 4.99 Å². The smallest absolute Gasteiger partial charge is 0.127 e. The normalized spacial score (nSPS) is 10.1. The predicted molar refractivity (Wildman–Crippen MR) is 78.2 cm³/mol. The molecule has 18 heavy (non-hydrogen) atoms. The van der Waals surface area contributed by atoms with Gasteiger partial charge < -0.3 is 10.5 Å². The minimum atomic E-state index is 0.398. The zero-order valence-electron chi connectivity index (χ0n) is 10.2. The van der Waals surface area contributed by atoms with Crippen LogP contribution in [0.2, 0.25) is 0 Å². The summed E-state index contributed by atoms with van der Waals surface area (Å²) in [5, 5.41) is 0. The standard InChI is InChI=1S/C15H15NOS/c1-2-11-4-3-5-14(10-11)17-13-8-6-12(7-9-13)15(16)18/h3-10H,2H2,1H3,(H2,16,18). The largest absolute Gasteiger partial charge is 0.457 e. The summed E-state index contributed by atoms with van der Waals surface area (Å²) in [6.07, 6.45) is 0.998. The highest BCUT2D eigenvalue weighted by atomic mass is 32.1. The maximum Gasteiger partial charge on any atom is 0.127 e. The lowest BCUT2D eigenvalue weighted by molar-refractivity contribution is 0.482. The van der Waals surface area contributed by atoms with E-state index in [4.69, 9.17) is 22.7 Å². The summed E-state index contributed by atoms with van der Waals surface area (Å²) in [6.45, 7) is 2.12. The first kappa shape index (κ1) is 12.6. The lowest BCUT2D eigenvalue weighted by Gasteiger charge is -2.07. The molecule has 0 radical (unpaired) electrons. The van der Waals surface area contributed by atoms with Crippen LogP contribution in [-0.4, -0.2) is 4.99 Å². The number of ether oxygens (including phenoxy) is 1. The van der Waals surface area contributed by atoms with Crippen LogP contribution in [0.15, 0.2) is 48.5 Å². The molecule has 0 saturated heterocycles. The highest BCUT2D eigenvalue weighted by molar-refractivity contribution is 7.80. The van der Waals surface area contributed by atoms with Gasteiger partial charge in [-0.2, -0.15) is 0 Å². The van der Waals surface area contributed by atoms with Crippen LogP contribution in [0.5, 0.6) is 11.5 Å². The Hall–Kier alpha value is -1.87. The van der Waals surface area contributed by atoms with Crippen molar-refractivity contribution in [3.8, 4) is 11.5 Å². The van der Waals surface area contributed by atoms with E-state index in [2.05, 4.69) is 13.0 Å². The van der Waals surface area contributed by atoms with Gasteiger partial charge in [0.05, 0.1) is 0 Å². The Morgan fingerprint density at radius 1 is 1.11 bits per heavy atom. The Morgan fingerprint density at radius 3 is 2.44 bits per heavy atom. The fourth-order valence-electron chi connectivity index (χ4n) is 1.65. The summed E-state index contributed by atoms with van der Waals surface area (Å²) < 4.78 is 5.77. The molecule has 0 unspecified atom stereocenters. The predicted octanol–water partition coefficient (Wildman–Crippen LogP) is 3.68. The van der Waals surface area contributed by atoms with Crippen molar-refractivity contribution in [2.75, 3.05) is 0 Å². The van der Waals surface area contributed by atoms with Crippen LogP contribution in [0.25, 0.3) is 0 Å². The third-order valence-electron chi connectivity index (χ3n) is 2.68. The van der Waals surface area contributed by atoms with Crippen molar-refractivity contribution in [2.24, 2.45) is 5.73 Å². The van der Waals surface area contributed by atoms with Gasteiger partial charge >= 0.3 is 0 Å². The summed E-state index contributed by atoms with van der Waals surface area (Å²) in [4.78, 5) is 0.398.